The van der Waals surface area contributed by atoms with Crippen molar-refractivity contribution in [1.29, 1.82) is 0 Å². The highest BCUT2D eigenvalue weighted by atomic mass is 32.2. The van der Waals surface area contributed by atoms with Gasteiger partial charge in [-0.1, -0.05) is 0 Å². The van der Waals surface area contributed by atoms with Gasteiger partial charge in [0.2, 0.25) is 5.16 Å². The van der Waals surface area contributed by atoms with E-state index < -0.39 is 10.9 Å². The number of H-pyrrole nitrogens is 1. The molecule has 0 saturated carbocycles. The lowest BCUT2D eigenvalue weighted by atomic mass is 10.1. The fourth-order valence-electron chi connectivity index (χ4n) is 3.30. The maximum absolute atomic E-state index is 11.9. The van der Waals surface area contributed by atoms with E-state index in [1.807, 2.05) is 0 Å². The summed E-state index contributed by atoms with van der Waals surface area (Å²) >= 11 is 0.831. The highest BCUT2D eigenvalue weighted by Crippen LogP contribution is 2.36. The highest BCUT2D eigenvalue weighted by molar-refractivity contribution is 8.04. The number of furan rings is 1. The number of non-ortho nitro benzene ring substituents is 1. The van der Waals surface area contributed by atoms with Gasteiger partial charge in [-0.3, -0.25) is 15.2 Å². The topological polar surface area (TPSA) is 163 Å². The molecular weight excluding hydrogens is 504 g/mol. The Kier molecular flexibility index (Phi) is 7.44. The van der Waals surface area contributed by atoms with Crippen LogP contribution in [0.3, 0.4) is 0 Å². The molecule has 0 aliphatic rings. The predicted molar refractivity (Wildman–Crippen MR) is 134 cm³/mol. The number of aliphatic carboxylic acids is 1. The van der Waals surface area contributed by atoms with E-state index in [1.165, 1.54) is 45.6 Å². The Morgan fingerprint density at radius 3 is 2.43 bits per heavy atom. The van der Waals surface area contributed by atoms with Crippen LogP contribution >= 0.6 is 11.8 Å². The molecule has 4 aromatic rings. The van der Waals surface area contributed by atoms with E-state index in [9.17, 15) is 20.0 Å². The molecule has 190 valence electrons. The average molecular weight is 525 g/mol. The van der Waals surface area contributed by atoms with E-state index in [2.05, 4.69) is 15.2 Å². The first-order valence-electron chi connectivity index (χ1n) is 10.5. The van der Waals surface area contributed by atoms with E-state index in [4.69, 9.17) is 18.6 Å². The molecule has 2 heterocycles. The van der Waals surface area contributed by atoms with Gasteiger partial charge in [0, 0.05) is 23.8 Å². The molecule has 0 spiro atoms. The van der Waals surface area contributed by atoms with Gasteiger partial charge >= 0.3 is 5.97 Å². The Labute approximate surface area is 214 Å². The van der Waals surface area contributed by atoms with Gasteiger partial charge in [-0.15, -0.1) is 5.10 Å². The minimum Gasteiger partial charge on any atom is -0.497 e. The third kappa shape index (κ3) is 5.73. The number of carbonyl (C=O) groups is 1. The van der Waals surface area contributed by atoms with Gasteiger partial charge in [0.15, 0.2) is 5.82 Å². The maximum atomic E-state index is 11.9. The number of carboxylic acids is 1. The van der Waals surface area contributed by atoms with Gasteiger partial charge in [0.05, 0.1) is 37.9 Å². The van der Waals surface area contributed by atoms with Crippen molar-refractivity contribution in [3.8, 4) is 40.0 Å². The normalized spacial score (nSPS) is 11.3. The number of benzene rings is 2. The minimum absolute atomic E-state index is 0.0923. The van der Waals surface area contributed by atoms with Gasteiger partial charge in [-0.2, -0.15) is 0 Å². The zero-order valence-corrected chi connectivity index (χ0v) is 20.6. The third-order valence-electron chi connectivity index (χ3n) is 5.06. The number of ether oxygens (including phenoxy) is 3. The Morgan fingerprint density at radius 1 is 1.08 bits per heavy atom. The molecule has 0 atom stereocenters. The Morgan fingerprint density at radius 2 is 1.81 bits per heavy atom. The number of nitrogens with zero attached hydrogens (tertiary/aromatic N) is 3. The SMILES string of the molecule is COc1cc(OC)cc(-c2nc(S/C(=C\c3ccc(-c4ccc([N+](=O)[O-])cc4OC)o3)C(=O)O)n[nH]2)c1. The number of nitro benzene ring substituents is 1. The molecule has 37 heavy (non-hydrogen) atoms. The lowest BCUT2D eigenvalue weighted by molar-refractivity contribution is -0.384. The second kappa shape index (κ2) is 10.9. The van der Waals surface area contributed by atoms with Gasteiger partial charge in [0.1, 0.15) is 33.7 Å². The molecule has 13 heteroatoms. The number of aromatic nitrogens is 3. The number of aromatic amines is 1. The molecule has 2 N–H and O–H groups in total. The van der Waals surface area contributed by atoms with Crippen molar-refractivity contribution in [2.45, 2.75) is 5.16 Å². The Balaban J connectivity index is 1.59. The molecule has 0 unspecified atom stereocenters. The number of carboxylic acid groups (broad SMARTS) is 1. The van der Waals surface area contributed by atoms with Crippen LogP contribution in [0.4, 0.5) is 5.69 Å². The maximum Gasteiger partial charge on any atom is 0.342 e. The number of nitrogens with one attached hydrogen (secondary N) is 1. The fraction of sp³-hybridized carbons (Fsp3) is 0.125. The number of rotatable bonds is 10. The molecule has 0 bridgehead atoms. The summed E-state index contributed by atoms with van der Waals surface area (Å²) in [5.41, 5.74) is 0.990. The van der Waals surface area contributed by atoms with Gasteiger partial charge in [0.25, 0.3) is 5.69 Å². The monoisotopic (exact) mass is 524 g/mol. The van der Waals surface area contributed by atoms with Crippen LogP contribution in [0.25, 0.3) is 28.8 Å². The van der Waals surface area contributed by atoms with Gasteiger partial charge in [-0.05, 0) is 42.1 Å². The Hall–Kier alpha value is -4.78. The molecule has 0 aliphatic carbocycles. The molecule has 0 amide bonds. The first-order valence-corrected chi connectivity index (χ1v) is 11.3. The molecular formula is C24H20N4O8S. The molecule has 2 aromatic heterocycles. The van der Waals surface area contributed by atoms with E-state index in [1.54, 1.807) is 30.3 Å². The van der Waals surface area contributed by atoms with E-state index in [-0.39, 0.29) is 27.3 Å². The summed E-state index contributed by atoms with van der Waals surface area (Å²) in [4.78, 5) is 26.7. The lowest BCUT2D eigenvalue weighted by Crippen LogP contribution is -1.97. The summed E-state index contributed by atoms with van der Waals surface area (Å²) in [5, 5.41) is 27.8. The van der Waals surface area contributed by atoms with Crippen LogP contribution in [0.5, 0.6) is 17.2 Å². The standard InChI is InChI=1S/C24H20N4O8S/c1-33-16-8-13(9-17(11-16)34-2)22-25-24(27-26-22)37-21(23(29)30)12-15-5-7-19(36-15)18-6-4-14(28(31)32)10-20(18)35-3/h4-12H,1-3H3,(H,29,30)(H,25,26,27)/b21-12-. The van der Waals surface area contributed by atoms with Crippen molar-refractivity contribution in [2.75, 3.05) is 21.3 Å². The fourth-order valence-corrected chi connectivity index (χ4v) is 3.99. The van der Waals surface area contributed by atoms with Crippen LogP contribution in [-0.4, -0.2) is 52.5 Å². The summed E-state index contributed by atoms with van der Waals surface area (Å²) in [6.45, 7) is 0. The zero-order valence-electron chi connectivity index (χ0n) is 19.8. The quantitative estimate of drug-likeness (QED) is 0.126. The zero-order chi connectivity index (χ0) is 26.5. The number of methoxy groups -OCH3 is 3. The van der Waals surface area contributed by atoms with Crippen molar-refractivity contribution >= 4 is 29.5 Å². The van der Waals surface area contributed by atoms with Crippen molar-refractivity contribution < 1.29 is 33.5 Å². The van der Waals surface area contributed by atoms with Crippen LogP contribution in [0.15, 0.2) is 63.0 Å². The first kappa shape index (κ1) is 25.3. The molecule has 0 saturated heterocycles. The Bertz CT molecular complexity index is 1470. The van der Waals surface area contributed by atoms with Gasteiger partial charge in [-0.25, -0.2) is 9.78 Å². The first-order chi connectivity index (χ1) is 17.8. The van der Waals surface area contributed by atoms with Crippen molar-refractivity contribution in [3.63, 3.8) is 0 Å². The number of hydrogen-bond acceptors (Lipinski definition) is 10. The van der Waals surface area contributed by atoms with Crippen LogP contribution < -0.4 is 14.2 Å². The largest absolute Gasteiger partial charge is 0.497 e. The highest BCUT2D eigenvalue weighted by Gasteiger charge is 2.18. The van der Waals surface area contributed by atoms with Crippen LogP contribution in [0.2, 0.25) is 0 Å². The molecule has 0 fully saturated rings. The van der Waals surface area contributed by atoms with E-state index in [0.717, 1.165) is 11.8 Å². The molecule has 2 aromatic carbocycles. The lowest BCUT2D eigenvalue weighted by Gasteiger charge is -2.06. The minimum atomic E-state index is -1.20. The summed E-state index contributed by atoms with van der Waals surface area (Å²) in [7, 11) is 4.45. The van der Waals surface area contributed by atoms with Gasteiger partial charge < -0.3 is 23.7 Å². The number of nitro groups is 1. The molecule has 4 rings (SSSR count). The van der Waals surface area contributed by atoms with Crippen LogP contribution in [0.1, 0.15) is 5.76 Å². The average Bonchev–Trinajstić information content (AvgIpc) is 3.57. The number of thioether (sulfide) groups is 1. The third-order valence-corrected chi connectivity index (χ3v) is 5.94. The second-order valence-electron chi connectivity index (χ2n) is 7.33. The van der Waals surface area contributed by atoms with Crippen LogP contribution in [-0.2, 0) is 4.79 Å². The smallest absolute Gasteiger partial charge is 0.342 e. The summed E-state index contributed by atoms with van der Waals surface area (Å²) in [6.07, 6.45) is 1.33. The summed E-state index contributed by atoms with van der Waals surface area (Å²) in [6, 6.07) is 12.5. The summed E-state index contributed by atoms with van der Waals surface area (Å²) in [5.74, 6) is 1.15. The van der Waals surface area contributed by atoms with E-state index in [0.29, 0.717) is 34.2 Å². The van der Waals surface area contributed by atoms with Crippen molar-refractivity contribution in [3.05, 3.63) is 69.3 Å². The van der Waals surface area contributed by atoms with Crippen molar-refractivity contribution in [1.82, 2.24) is 15.2 Å². The summed E-state index contributed by atoms with van der Waals surface area (Å²) < 4.78 is 21.6. The van der Waals surface area contributed by atoms with E-state index >= 15 is 0 Å². The molecule has 12 nitrogen and oxygen atoms in total. The molecule has 0 radical (unpaired) electrons. The second-order valence-corrected chi connectivity index (χ2v) is 8.34. The number of hydrogen-bond donors (Lipinski definition) is 2. The van der Waals surface area contributed by atoms with Crippen LogP contribution in [0, 0.1) is 10.1 Å². The van der Waals surface area contributed by atoms with Crippen molar-refractivity contribution in [2.24, 2.45) is 0 Å². The predicted octanol–water partition coefficient (Wildman–Crippen LogP) is 4.88. The molecule has 0 aliphatic heterocycles.